The van der Waals surface area contributed by atoms with Gasteiger partial charge >= 0.3 is 5.97 Å². The van der Waals surface area contributed by atoms with E-state index in [1.165, 1.54) is 14.2 Å². The number of esters is 1. The van der Waals surface area contributed by atoms with E-state index in [-0.39, 0.29) is 12.8 Å². The number of nitrogens with zero attached hydrogens (tertiary/aromatic N) is 1. The minimum Gasteiger partial charge on any atom is -0.471 e. The molecule has 110 valence electrons. The second kappa shape index (κ2) is 6.44. The minimum atomic E-state index is -0.899. The van der Waals surface area contributed by atoms with E-state index >= 15 is 0 Å². The number of ether oxygens (including phenoxy) is 4. The van der Waals surface area contributed by atoms with Crippen LogP contribution in [0.3, 0.4) is 0 Å². The summed E-state index contributed by atoms with van der Waals surface area (Å²) in [5.74, 6) is 0.469. The maximum absolute atomic E-state index is 11.8. The zero-order valence-corrected chi connectivity index (χ0v) is 14.7. The molecule has 1 fully saturated rings. The van der Waals surface area contributed by atoms with Crippen molar-refractivity contribution in [3.05, 3.63) is 14.4 Å². The van der Waals surface area contributed by atoms with Gasteiger partial charge < -0.3 is 18.9 Å². The monoisotopic (exact) mass is 457 g/mol. The molecule has 0 unspecified atom stereocenters. The summed E-state index contributed by atoms with van der Waals surface area (Å²) >= 11 is 5.38. The number of methoxy groups -OCH3 is 2. The Hall–Kier alpha value is -0.610. The molecule has 0 radical (unpaired) electrons. The van der Waals surface area contributed by atoms with Crippen LogP contribution >= 0.6 is 38.5 Å². The Morgan fingerprint density at radius 3 is 2.75 bits per heavy atom. The molecule has 0 amide bonds. The van der Waals surface area contributed by atoms with Crippen LogP contribution in [-0.2, 0) is 14.3 Å². The molecule has 2 rings (SSSR count). The smallest absolute Gasteiger partial charge is 0.350 e. The van der Waals surface area contributed by atoms with E-state index in [1.54, 1.807) is 6.07 Å². The molecule has 1 saturated carbocycles. The quantitative estimate of drug-likeness (QED) is 0.283. The van der Waals surface area contributed by atoms with Gasteiger partial charge in [-0.3, -0.25) is 0 Å². The second-order valence-electron chi connectivity index (χ2n) is 4.20. The molecule has 0 atom stereocenters. The molecular formula is C12H13BrINO5. The summed E-state index contributed by atoms with van der Waals surface area (Å²) in [5.41, 5.74) is -0.899. The zero-order valence-electron chi connectivity index (χ0n) is 10.9. The maximum atomic E-state index is 11.8. The molecule has 0 aromatic carbocycles. The molecule has 20 heavy (non-hydrogen) atoms. The van der Waals surface area contributed by atoms with Crippen molar-refractivity contribution in [2.24, 2.45) is 0 Å². The highest BCUT2D eigenvalue weighted by Gasteiger charge is 2.54. The van der Waals surface area contributed by atoms with Gasteiger partial charge in [0.2, 0.25) is 5.60 Å². The lowest BCUT2D eigenvalue weighted by Crippen LogP contribution is -2.31. The molecule has 1 aromatic rings. The van der Waals surface area contributed by atoms with E-state index in [4.69, 9.17) is 18.9 Å². The third-order valence-electron chi connectivity index (χ3n) is 2.75. The van der Waals surface area contributed by atoms with Crippen LogP contribution in [0.4, 0.5) is 0 Å². The first kappa shape index (κ1) is 15.8. The third-order valence-corrected chi connectivity index (χ3v) is 3.84. The van der Waals surface area contributed by atoms with E-state index in [0.717, 1.165) is 3.70 Å². The molecule has 1 aliphatic rings. The molecule has 0 spiro atoms. The highest BCUT2D eigenvalue weighted by atomic mass is 127. The predicted octanol–water partition coefficient (Wildman–Crippen LogP) is 2.52. The van der Waals surface area contributed by atoms with E-state index in [2.05, 4.69) is 43.5 Å². The van der Waals surface area contributed by atoms with Gasteiger partial charge in [0.15, 0.2) is 22.9 Å². The van der Waals surface area contributed by atoms with Gasteiger partial charge in [0, 0.05) is 26.0 Å². The minimum absolute atomic E-state index is 0.0580. The molecule has 1 aliphatic carbocycles. The molecule has 8 heteroatoms. The average Bonchev–Trinajstić information content (AvgIpc) is 3.17. The van der Waals surface area contributed by atoms with Crippen molar-refractivity contribution in [1.82, 2.24) is 4.98 Å². The Morgan fingerprint density at radius 2 is 2.20 bits per heavy atom. The van der Waals surface area contributed by atoms with Gasteiger partial charge in [-0.15, -0.1) is 0 Å². The number of rotatable bonds is 6. The molecule has 6 nitrogen and oxygen atoms in total. The van der Waals surface area contributed by atoms with E-state index in [9.17, 15) is 4.79 Å². The van der Waals surface area contributed by atoms with Crippen molar-refractivity contribution in [1.29, 1.82) is 0 Å². The number of carbonyl (C=O) groups is 1. The van der Waals surface area contributed by atoms with Crippen LogP contribution in [-0.4, -0.2) is 37.6 Å². The molecule has 1 aromatic heterocycles. The zero-order chi connectivity index (χ0) is 14.8. The number of pyridine rings is 1. The van der Waals surface area contributed by atoms with Crippen molar-refractivity contribution in [3.8, 4) is 11.5 Å². The summed E-state index contributed by atoms with van der Waals surface area (Å²) in [7, 11) is 2.87. The molecule has 1 heterocycles. The van der Waals surface area contributed by atoms with Crippen LogP contribution in [0.15, 0.2) is 10.7 Å². The van der Waals surface area contributed by atoms with Gasteiger partial charge in [-0.05, 0) is 38.5 Å². The first-order chi connectivity index (χ1) is 9.52. The molecule has 0 N–H and O–H groups in total. The highest BCUT2D eigenvalue weighted by Crippen LogP contribution is 2.45. The summed E-state index contributed by atoms with van der Waals surface area (Å²) in [4.78, 5) is 16.0. The molecule has 0 aliphatic heterocycles. The maximum Gasteiger partial charge on any atom is 0.350 e. The average molecular weight is 458 g/mol. The molecular weight excluding hydrogens is 445 g/mol. The number of hydrogen-bond acceptors (Lipinski definition) is 6. The lowest BCUT2D eigenvalue weighted by Gasteiger charge is -2.19. The van der Waals surface area contributed by atoms with Crippen LogP contribution in [0.5, 0.6) is 11.5 Å². The SMILES string of the molecule is COCOc1c(OC2(C(=O)OC)CC2)cc(I)nc1Br. The molecule has 0 saturated heterocycles. The lowest BCUT2D eigenvalue weighted by molar-refractivity contribution is -0.151. The Bertz CT molecular complexity index is 521. The topological polar surface area (TPSA) is 66.9 Å². The van der Waals surface area contributed by atoms with Crippen LogP contribution in [0.1, 0.15) is 12.8 Å². The fourth-order valence-corrected chi connectivity index (χ4v) is 2.99. The largest absolute Gasteiger partial charge is 0.471 e. The van der Waals surface area contributed by atoms with E-state index in [1.807, 2.05) is 0 Å². The Kier molecular flexibility index (Phi) is 5.08. The van der Waals surface area contributed by atoms with Crippen molar-refractivity contribution in [2.75, 3.05) is 21.0 Å². The van der Waals surface area contributed by atoms with Crippen LogP contribution < -0.4 is 9.47 Å². The summed E-state index contributed by atoms with van der Waals surface area (Å²) in [5, 5.41) is 0. The van der Waals surface area contributed by atoms with Crippen LogP contribution in [0, 0.1) is 3.70 Å². The number of carbonyl (C=O) groups excluding carboxylic acids is 1. The molecule has 0 bridgehead atoms. The van der Waals surface area contributed by atoms with Crippen molar-refractivity contribution < 1.29 is 23.7 Å². The van der Waals surface area contributed by atoms with E-state index < -0.39 is 5.60 Å². The lowest BCUT2D eigenvalue weighted by atomic mass is 10.3. The fourth-order valence-electron chi connectivity index (χ4n) is 1.63. The predicted molar refractivity (Wildman–Crippen MR) is 81.8 cm³/mol. The normalized spacial score (nSPS) is 15.6. The van der Waals surface area contributed by atoms with Gasteiger partial charge in [-0.25, -0.2) is 9.78 Å². The Balaban J connectivity index is 2.28. The summed E-state index contributed by atoms with van der Waals surface area (Å²) < 4.78 is 22.1. The summed E-state index contributed by atoms with van der Waals surface area (Å²) in [6, 6.07) is 1.71. The van der Waals surface area contributed by atoms with E-state index in [0.29, 0.717) is 28.9 Å². The third kappa shape index (κ3) is 3.34. The highest BCUT2D eigenvalue weighted by molar-refractivity contribution is 14.1. The Labute approximate surface area is 138 Å². The van der Waals surface area contributed by atoms with Gasteiger partial charge in [0.25, 0.3) is 0 Å². The summed E-state index contributed by atoms with van der Waals surface area (Å²) in [6.45, 7) is 0.0580. The van der Waals surface area contributed by atoms with Gasteiger partial charge in [0.1, 0.15) is 3.70 Å². The van der Waals surface area contributed by atoms with Gasteiger partial charge in [0.05, 0.1) is 7.11 Å². The Morgan fingerprint density at radius 1 is 1.50 bits per heavy atom. The van der Waals surface area contributed by atoms with Gasteiger partial charge in [-0.2, -0.15) is 0 Å². The van der Waals surface area contributed by atoms with Crippen molar-refractivity contribution in [2.45, 2.75) is 18.4 Å². The first-order valence-corrected chi connectivity index (χ1v) is 7.65. The number of aromatic nitrogens is 1. The standard InChI is InChI=1S/C12H13BrINO5/c1-17-6-19-9-7(5-8(14)15-10(9)13)20-12(3-4-12)11(16)18-2/h5H,3-4,6H2,1-2H3. The second-order valence-corrected chi connectivity index (χ2v) is 6.06. The fraction of sp³-hybridized carbons (Fsp3) is 0.500. The number of halogens is 2. The van der Waals surface area contributed by atoms with Gasteiger partial charge in [-0.1, -0.05) is 0 Å². The number of hydrogen-bond donors (Lipinski definition) is 0. The van der Waals surface area contributed by atoms with Crippen LogP contribution in [0.2, 0.25) is 0 Å². The van der Waals surface area contributed by atoms with Crippen molar-refractivity contribution >= 4 is 44.5 Å². The van der Waals surface area contributed by atoms with Crippen molar-refractivity contribution in [3.63, 3.8) is 0 Å². The first-order valence-electron chi connectivity index (χ1n) is 5.77. The summed E-state index contributed by atoms with van der Waals surface area (Å²) in [6.07, 6.45) is 1.25. The van der Waals surface area contributed by atoms with Crippen LogP contribution in [0.25, 0.3) is 0 Å².